The number of halogens is 1. The maximum absolute atomic E-state index is 11.5. The van der Waals surface area contributed by atoms with Gasteiger partial charge in [-0.05, 0) is 12.8 Å². The Balaban J connectivity index is 2.15. The second-order valence-electron chi connectivity index (χ2n) is 3.86. The van der Waals surface area contributed by atoms with Gasteiger partial charge in [-0.1, -0.05) is 11.6 Å². The number of rotatable bonds is 2. The van der Waals surface area contributed by atoms with E-state index in [-0.39, 0.29) is 16.6 Å². The average molecular weight is 244 g/mol. The van der Waals surface area contributed by atoms with Crippen molar-refractivity contribution < 1.29 is 4.74 Å². The zero-order valence-electron chi connectivity index (χ0n) is 9.07. The first-order valence-electron chi connectivity index (χ1n) is 5.24. The highest BCUT2D eigenvalue weighted by Crippen LogP contribution is 2.18. The minimum absolute atomic E-state index is 0.183. The van der Waals surface area contributed by atoms with Crippen molar-refractivity contribution in [1.29, 1.82) is 0 Å². The van der Waals surface area contributed by atoms with Gasteiger partial charge < -0.3 is 10.1 Å². The Bertz CT molecular complexity index is 427. The van der Waals surface area contributed by atoms with Crippen molar-refractivity contribution in [2.45, 2.75) is 18.9 Å². The molecule has 0 spiro atoms. The lowest BCUT2D eigenvalue weighted by atomic mass is 10.1. The van der Waals surface area contributed by atoms with Crippen LogP contribution in [0.25, 0.3) is 0 Å². The Kier molecular flexibility index (Phi) is 3.46. The molecule has 1 fully saturated rings. The van der Waals surface area contributed by atoms with Gasteiger partial charge >= 0.3 is 0 Å². The summed E-state index contributed by atoms with van der Waals surface area (Å²) < 4.78 is 6.55. The quantitative estimate of drug-likeness (QED) is 0.843. The molecule has 1 atom stereocenters. The molecule has 0 saturated carbocycles. The van der Waals surface area contributed by atoms with Crippen LogP contribution in [0.5, 0.6) is 0 Å². The summed E-state index contributed by atoms with van der Waals surface area (Å²) in [5.41, 5.74) is 0.295. The van der Waals surface area contributed by atoms with Crippen LogP contribution < -0.4 is 10.9 Å². The summed E-state index contributed by atoms with van der Waals surface area (Å²) in [6.07, 6.45) is 3.61. The molecular formula is C10H14ClN3O2. The van der Waals surface area contributed by atoms with Crippen LogP contribution >= 0.6 is 11.6 Å². The third kappa shape index (κ3) is 2.36. The summed E-state index contributed by atoms with van der Waals surface area (Å²) in [6, 6.07) is 0.208. The van der Waals surface area contributed by atoms with Crippen LogP contribution in [0.3, 0.4) is 0 Å². The molecule has 6 heteroatoms. The van der Waals surface area contributed by atoms with Crippen molar-refractivity contribution in [1.82, 2.24) is 9.78 Å². The largest absolute Gasteiger partial charge is 0.379 e. The number of hydrogen-bond acceptors (Lipinski definition) is 4. The number of nitrogens with one attached hydrogen (secondary N) is 1. The van der Waals surface area contributed by atoms with Gasteiger partial charge in [0.05, 0.1) is 18.5 Å². The smallest absolute Gasteiger partial charge is 0.287 e. The van der Waals surface area contributed by atoms with E-state index in [9.17, 15) is 4.79 Å². The van der Waals surface area contributed by atoms with E-state index in [1.165, 1.54) is 4.68 Å². The molecule has 1 N–H and O–H groups in total. The third-order valence-electron chi connectivity index (χ3n) is 2.60. The Morgan fingerprint density at radius 1 is 1.69 bits per heavy atom. The van der Waals surface area contributed by atoms with Gasteiger partial charge in [0, 0.05) is 19.7 Å². The molecule has 5 nitrogen and oxygen atoms in total. The van der Waals surface area contributed by atoms with Gasteiger partial charge in [-0.25, -0.2) is 4.68 Å². The number of nitrogens with zero attached hydrogens (tertiary/aromatic N) is 2. The van der Waals surface area contributed by atoms with E-state index in [0.29, 0.717) is 12.3 Å². The standard InChI is InChI=1S/C10H14ClN3O2/c1-14-10(15)9(11)8(5-12-14)13-7-3-2-4-16-6-7/h5,7,13H,2-4,6H2,1H3. The Morgan fingerprint density at radius 3 is 3.19 bits per heavy atom. The molecule has 1 unspecified atom stereocenters. The van der Waals surface area contributed by atoms with E-state index in [1.807, 2.05) is 0 Å². The molecule has 1 aromatic heterocycles. The molecule has 1 aliphatic rings. The minimum atomic E-state index is -0.289. The van der Waals surface area contributed by atoms with E-state index in [2.05, 4.69) is 10.4 Å². The molecule has 0 aliphatic carbocycles. The second kappa shape index (κ2) is 4.84. The lowest BCUT2D eigenvalue weighted by molar-refractivity contribution is 0.0876. The Morgan fingerprint density at radius 2 is 2.50 bits per heavy atom. The fourth-order valence-electron chi connectivity index (χ4n) is 1.69. The maximum atomic E-state index is 11.5. The number of ether oxygens (including phenoxy) is 1. The molecule has 0 aromatic carbocycles. The van der Waals surface area contributed by atoms with E-state index in [0.717, 1.165) is 19.4 Å². The van der Waals surface area contributed by atoms with E-state index >= 15 is 0 Å². The summed E-state index contributed by atoms with van der Waals surface area (Å²) in [4.78, 5) is 11.5. The first kappa shape index (κ1) is 11.4. The summed E-state index contributed by atoms with van der Waals surface area (Å²) in [5, 5.41) is 7.29. The lowest BCUT2D eigenvalue weighted by Gasteiger charge is -2.24. The predicted octanol–water partition coefficient (Wildman–Crippen LogP) is 1.02. The molecule has 2 heterocycles. The summed E-state index contributed by atoms with van der Waals surface area (Å²) in [7, 11) is 1.57. The number of anilines is 1. The van der Waals surface area contributed by atoms with Crippen molar-refractivity contribution in [3.05, 3.63) is 21.6 Å². The van der Waals surface area contributed by atoms with Crippen LogP contribution in [0.1, 0.15) is 12.8 Å². The molecular weight excluding hydrogens is 230 g/mol. The Hall–Kier alpha value is -1.07. The monoisotopic (exact) mass is 243 g/mol. The highest BCUT2D eigenvalue weighted by Gasteiger charge is 2.16. The van der Waals surface area contributed by atoms with Gasteiger partial charge in [0.2, 0.25) is 0 Å². The molecule has 1 aromatic rings. The minimum Gasteiger partial charge on any atom is -0.379 e. The molecule has 88 valence electrons. The summed E-state index contributed by atoms with van der Waals surface area (Å²) in [5.74, 6) is 0. The molecule has 0 amide bonds. The maximum Gasteiger partial charge on any atom is 0.287 e. The first-order valence-corrected chi connectivity index (χ1v) is 5.62. The van der Waals surface area contributed by atoms with Crippen LogP contribution in [-0.4, -0.2) is 29.0 Å². The van der Waals surface area contributed by atoms with Gasteiger partial charge in [0.25, 0.3) is 5.56 Å². The van der Waals surface area contributed by atoms with Gasteiger partial charge in [-0.15, -0.1) is 0 Å². The van der Waals surface area contributed by atoms with E-state index < -0.39 is 0 Å². The number of aromatic nitrogens is 2. The summed E-state index contributed by atoms with van der Waals surface area (Å²) >= 11 is 5.94. The van der Waals surface area contributed by atoms with Crippen molar-refractivity contribution in [3.63, 3.8) is 0 Å². The number of hydrogen-bond donors (Lipinski definition) is 1. The zero-order chi connectivity index (χ0) is 11.5. The normalized spacial score (nSPS) is 20.8. The van der Waals surface area contributed by atoms with Crippen LogP contribution in [0.2, 0.25) is 5.02 Å². The Labute approximate surface area is 98.4 Å². The van der Waals surface area contributed by atoms with Gasteiger partial charge in [-0.3, -0.25) is 4.79 Å². The average Bonchev–Trinajstić information content (AvgIpc) is 2.31. The van der Waals surface area contributed by atoms with Crippen molar-refractivity contribution in [2.24, 2.45) is 7.05 Å². The molecule has 0 bridgehead atoms. The van der Waals surface area contributed by atoms with Gasteiger partial charge in [0.15, 0.2) is 0 Å². The zero-order valence-corrected chi connectivity index (χ0v) is 9.83. The predicted molar refractivity (Wildman–Crippen MR) is 62.0 cm³/mol. The molecule has 0 radical (unpaired) electrons. The molecule has 16 heavy (non-hydrogen) atoms. The van der Waals surface area contributed by atoms with E-state index in [1.54, 1.807) is 13.2 Å². The third-order valence-corrected chi connectivity index (χ3v) is 2.96. The molecule has 1 aliphatic heterocycles. The van der Waals surface area contributed by atoms with Crippen LogP contribution in [0, 0.1) is 0 Å². The summed E-state index contributed by atoms with van der Waals surface area (Å²) in [6.45, 7) is 1.45. The van der Waals surface area contributed by atoms with Crippen LogP contribution in [0.15, 0.2) is 11.0 Å². The first-order chi connectivity index (χ1) is 7.68. The molecule has 1 saturated heterocycles. The fraction of sp³-hybridized carbons (Fsp3) is 0.600. The highest BCUT2D eigenvalue weighted by atomic mass is 35.5. The highest BCUT2D eigenvalue weighted by molar-refractivity contribution is 6.32. The molecule has 2 rings (SSSR count). The fourth-order valence-corrected chi connectivity index (χ4v) is 1.91. The van der Waals surface area contributed by atoms with Crippen molar-refractivity contribution in [2.75, 3.05) is 18.5 Å². The SMILES string of the molecule is Cn1ncc(NC2CCCOC2)c(Cl)c1=O. The van der Waals surface area contributed by atoms with Crippen LogP contribution in [-0.2, 0) is 11.8 Å². The van der Waals surface area contributed by atoms with E-state index in [4.69, 9.17) is 16.3 Å². The second-order valence-corrected chi connectivity index (χ2v) is 4.24. The number of aryl methyl sites for hydroxylation is 1. The van der Waals surface area contributed by atoms with Gasteiger partial charge in [0.1, 0.15) is 5.02 Å². The topological polar surface area (TPSA) is 56.1 Å². The van der Waals surface area contributed by atoms with Crippen LogP contribution in [0.4, 0.5) is 5.69 Å². The van der Waals surface area contributed by atoms with Gasteiger partial charge in [-0.2, -0.15) is 5.10 Å². The lowest BCUT2D eigenvalue weighted by Crippen LogP contribution is -2.31. The van der Waals surface area contributed by atoms with Crippen molar-refractivity contribution in [3.8, 4) is 0 Å². The van der Waals surface area contributed by atoms with Crippen molar-refractivity contribution >= 4 is 17.3 Å².